The van der Waals surface area contributed by atoms with E-state index >= 15 is 0 Å². The normalized spacial score (nSPS) is 13.7. The molecule has 0 unspecified atom stereocenters. The number of hydrogen-bond donors (Lipinski definition) is 1. The second-order valence-electron chi connectivity index (χ2n) is 6.51. The van der Waals surface area contributed by atoms with Crippen LogP contribution in [-0.4, -0.2) is 6.04 Å². The Bertz CT molecular complexity index is 372. The largest absolute Gasteiger partial charge is 0.328 e. The molecular formula is C17H29N. The van der Waals surface area contributed by atoms with Gasteiger partial charge in [-0.05, 0) is 54.7 Å². The summed E-state index contributed by atoms with van der Waals surface area (Å²) in [7, 11) is 0. The van der Waals surface area contributed by atoms with Gasteiger partial charge in [-0.3, -0.25) is 0 Å². The second-order valence-corrected chi connectivity index (χ2v) is 6.51. The first-order chi connectivity index (χ1) is 8.32. The van der Waals surface area contributed by atoms with Crippen LogP contribution in [-0.2, 0) is 18.3 Å². The van der Waals surface area contributed by atoms with Gasteiger partial charge in [-0.15, -0.1) is 0 Å². The van der Waals surface area contributed by atoms with Crippen molar-refractivity contribution in [2.24, 2.45) is 5.73 Å². The van der Waals surface area contributed by atoms with E-state index in [0.29, 0.717) is 6.04 Å². The fraction of sp³-hybridized carbons (Fsp3) is 0.647. The summed E-state index contributed by atoms with van der Waals surface area (Å²) in [6.45, 7) is 11.2. The number of rotatable bonds is 5. The molecule has 1 aromatic carbocycles. The zero-order valence-corrected chi connectivity index (χ0v) is 12.7. The Morgan fingerprint density at radius 3 is 2.22 bits per heavy atom. The molecule has 1 heteroatoms. The van der Waals surface area contributed by atoms with Gasteiger partial charge >= 0.3 is 0 Å². The topological polar surface area (TPSA) is 26.0 Å². The molecule has 18 heavy (non-hydrogen) atoms. The predicted molar refractivity (Wildman–Crippen MR) is 81.1 cm³/mol. The lowest BCUT2D eigenvalue weighted by atomic mass is 9.84. The van der Waals surface area contributed by atoms with Crippen LogP contribution in [0.5, 0.6) is 0 Å². The summed E-state index contributed by atoms with van der Waals surface area (Å²) >= 11 is 0. The summed E-state index contributed by atoms with van der Waals surface area (Å²) in [5.74, 6) is 0. The van der Waals surface area contributed by atoms with Crippen LogP contribution in [0.25, 0.3) is 0 Å². The highest BCUT2D eigenvalue weighted by Crippen LogP contribution is 2.25. The van der Waals surface area contributed by atoms with Gasteiger partial charge in [0, 0.05) is 6.04 Å². The predicted octanol–water partition coefficient (Wildman–Crippen LogP) is 4.22. The fourth-order valence-electron chi connectivity index (χ4n) is 2.17. The maximum Gasteiger partial charge on any atom is 0.00105 e. The van der Waals surface area contributed by atoms with Crippen molar-refractivity contribution in [3.63, 3.8) is 0 Å². The maximum absolute atomic E-state index is 5.81. The first kappa shape index (κ1) is 15.2. The van der Waals surface area contributed by atoms with Crippen molar-refractivity contribution in [1.82, 2.24) is 0 Å². The molecule has 0 spiro atoms. The average Bonchev–Trinajstić information content (AvgIpc) is 2.27. The van der Waals surface area contributed by atoms with Crippen molar-refractivity contribution >= 4 is 0 Å². The number of nitrogens with two attached hydrogens (primary N) is 1. The van der Waals surface area contributed by atoms with Crippen molar-refractivity contribution in [2.45, 2.75) is 71.8 Å². The molecule has 0 bridgehead atoms. The van der Waals surface area contributed by atoms with Gasteiger partial charge in [-0.2, -0.15) is 0 Å². The number of aryl methyl sites for hydroxylation is 2. The Labute approximate surface area is 113 Å². The molecule has 1 atom stereocenters. The minimum Gasteiger partial charge on any atom is -0.328 e. The van der Waals surface area contributed by atoms with Gasteiger partial charge in [0.1, 0.15) is 0 Å². The molecule has 2 N–H and O–H groups in total. The number of benzene rings is 1. The van der Waals surface area contributed by atoms with E-state index in [0.717, 1.165) is 19.3 Å². The summed E-state index contributed by atoms with van der Waals surface area (Å²) in [6, 6.07) is 7.41. The number of hydrogen-bond acceptors (Lipinski definition) is 1. The molecule has 0 radical (unpaired) electrons. The summed E-state index contributed by atoms with van der Waals surface area (Å²) in [4.78, 5) is 0. The zero-order valence-electron chi connectivity index (χ0n) is 12.7. The van der Waals surface area contributed by atoms with Gasteiger partial charge in [-0.1, -0.05) is 45.9 Å². The molecule has 0 aliphatic heterocycles. The lowest BCUT2D eigenvalue weighted by Crippen LogP contribution is -2.15. The molecule has 0 saturated carbocycles. The van der Waals surface area contributed by atoms with Crippen molar-refractivity contribution in [1.29, 1.82) is 0 Å². The van der Waals surface area contributed by atoms with Crippen LogP contribution in [0.3, 0.4) is 0 Å². The third-order valence-electron chi connectivity index (χ3n) is 3.45. The van der Waals surface area contributed by atoms with Crippen molar-refractivity contribution in [3.05, 3.63) is 34.9 Å². The van der Waals surface area contributed by atoms with Crippen molar-refractivity contribution in [2.75, 3.05) is 0 Å². The molecular weight excluding hydrogens is 218 g/mol. The van der Waals surface area contributed by atoms with Gasteiger partial charge in [0.25, 0.3) is 0 Å². The highest BCUT2D eigenvalue weighted by Gasteiger charge is 2.14. The van der Waals surface area contributed by atoms with E-state index in [1.54, 1.807) is 0 Å². The van der Waals surface area contributed by atoms with E-state index in [4.69, 9.17) is 5.73 Å². The van der Waals surface area contributed by atoms with E-state index in [2.05, 4.69) is 52.8 Å². The van der Waals surface area contributed by atoms with E-state index in [1.807, 2.05) is 0 Å². The zero-order chi connectivity index (χ0) is 13.8. The van der Waals surface area contributed by atoms with Gasteiger partial charge in [0.2, 0.25) is 0 Å². The molecule has 0 aliphatic rings. The maximum atomic E-state index is 5.81. The Morgan fingerprint density at radius 2 is 1.72 bits per heavy atom. The minimum atomic E-state index is 0.237. The van der Waals surface area contributed by atoms with E-state index in [9.17, 15) is 0 Å². The second kappa shape index (κ2) is 6.38. The molecule has 0 aliphatic carbocycles. The lowest BCUT2D eigenvalue weighted by molar-refractivity contribution is 0.586. The molecule has 0 aromatic heterocycles. The van der Waals surface area contributed by atoms with Gasteiger partial charge in [0.05, 0.1) is 0 Å². The Morgan fingerprint density at radius 1 is 1.11 bits per heavy atom. The van der Waals surface area contributed by atoms with Gasteiger partial charge < -0.3 is 5.73 Å². The monoisotopic (exact) mass is 247 g/mol. The standard InChI is InChI=1S/C17H29N/c1-6-14-10-15(9-7-8-13(2)18)12-16(11-14)17(3,4)5/h10-13H,6-9,18H2,1-5H3/t13-/m0/s1. The SMILES string of the molecule is CCc1cc(CCC[C@H](C)N)cc(C(C)(C)C)c1. The molecule has 1 nitrogen and oxygen atoms in total. The summed E-state index contributed by atoms with van der Waals surface area (Å²) in [5, 5.41) is 0. The van der Waals surface area contributed by atoms with E-state index in [-0.39, 0.29) is 5.41 Å². The fourth-order valence-corrected chi connectivity index (χ4v) is 2.17. The minimum absolute atomic E-state index is 0.237. The van der Waals surface area contributed by atoms with Gasteiger partial charge in [0.15, 0.2) is 0 Å². The van der Waals surface area contributed by atoms with E-state index < -0.39 is 0 Å². The van der Waals surface area contributed by atoms with E-state index in [1.165, 1.54) is 23.1 Å². The van der Waals surface area contributed by atoms with Crippen LogP contribution in [0.4, 0.5) is 0 Å². The van der Waals surface area contributed by atoms with Gasteiger partial charge in [-0.25, -0.2) is 0 Å². The molecule has 1 aromatic rings. The van der Waals surface area contributed by atoms with Crippen molar-refractivity contribution in [3.8, 4) is 0 Å². The Balaban J connectivity index is 2.84. The third-order valence-corrected chi connectivity index (χ3v) is 3.45. The first-order valence-corrected chi connectivity index (χ1v) is 7.22. The molecule has 0 fully saturated rings. The molecule has 102 valence electrons. The quantitative estimate of drug-likeness (QED) is 0.828. The molecule has 0 amide bonds. The Hall–Kier alpha value is -0.820. The van der Waals surface area contributed by atoms with Crippen molar-refractivity contribution < 1.29 is 0 Å². The molecule has 0 heterocycles. The highest BCUT2D eigenvalue weighted by molar-refractivity contribution is 5.34. The van der Waals surface area contributed by atoms with Crippen LogP contribution < -0.4 is 5.73 Å². The smallest absolute Gasteiger partial charge is 0.00105 e. The molecule has 0 saturated heterocycles. The summed E-state index contributed by atoms with van der Waals surface area (Å²) in [6.07, 6.45) is 4.57. The third kappa shape index (κ3) is 4.81. The van der Waals surface area contributed by atoms with Crippen LogP contribution in [0.1, 0.15) is 64.2 Å². The highest BCUT2D eigenvalue weighted by atomic mass is 14.6. The first-order valence-electron chi connectivity index (χ1n) is 7.22. The summed E-state index contributed by atoms with van der Waals surface area (Å²) in [5.41, 5.74) is 10.4. The van der Waals surface area contributed by atoms with Crippen LogP contribution in [0.15, 0.2) is 18.2 Å². The van der Waals surface area contributed by atoms with Crippen LogP contribution in [0.2, 0.25) is 0 Å². The summed E-state index contributed by atoms with van der Waals surface area (Å²) < 4.78 is 0. The van der Waals surface area contributed by atoms with Crippen LogP contribution >= 0.6 is 0 Å². The van der Waals surface area contributed by atoms with Crippen LogP contribution in [0, 0.1) is 0 Å². The Kier molecular flexibility index (Phi) is 5.40. The lowest BCUT2D eigenvalue weighted by Gasteiger charge is -2.21. The molecule has 1 rings (SSSR count). The average molecular weight is 247 g/mol.